The number of aliphatic imine (C=N–C) groups is 1. The molecule has 0 bridgehead atoms. The van der Waals surface area contributed by atoms with Crippen molar-refractivity contribution in [3.63, 3.8) is 0 Å². The number of rotatable bonds is 6. The molecule has 2 aromatic heterocycles. The first-order chi connectivity index (χ1) is 15.1. The number of fused-ring (bicyclic) bond motifs is 2. The average molecular weight is 421 g/mol. The largest absolute Gasteiger partial charge is 0.363 e. The Hall–Kier alpha value is -3.16. The van der Waals surface area contributed by atoms with Gasteiger partial charge < -0.3 is 15.5 Å². The van der Waals surface area contributed by atoms with Gasteiger partial charge in [-0.2, -0.15) is 5.10 Å². The smallest absolute Gasteiger partial charge is 0.191 e. The van der Waals surface area contributed by atoms with Gasteiger partial charge in [-0.1, -0.05) is 25.1 Å². The van der Waals surface area contributed by atoms with E-state index in [9.17, 15) is 0 Å². The van der Waals surface area contributed by atoms with Crippen LogP contribution >= 0.6 is 0 Å². The minimum Gasteiger partial charge on any atom is -0.363 e. The summed E-state index contributed by atoms with van der Waals surface area (Å²) in [6, 6.07) is 10.7. The Kier molecular flexibility index (Phi) is 6.34. The van der Waals surface area contributed by atoms with E-state index in [0.29, 0.717) is 6.54 Å². The number of nitrogens with zero attached hydrogens (tertiary/aromatic N) is 6. The minimum atomic E-state index is 0.281. The van der Waals surface area contributed by atoms with Gasteiger partial charge in [0.05, 0.1) is 18.6 Å². The molecule has 8 heteroatoms. The summed E-state index contributed by atoms with van der Waals surface area (Å²) in [6.07, 6.45) is 2.83. The zero-order chi connectivity index (χ0) is 21.8. The fraction of sp³-hybridized carbons (Fsp3) is 0.478. The zero-order valence-electron chi connectivity index (χ0n) is 18.9. The lowest BCUT2D eigenvalue weighted by molar-refractivity contribution is 0.392. The Morgan fingerprint density at radius 1 is 1.23 bits per heavy atom. The summed E-state index contributed by atoms with van der Waals surface area (Å²) >= 11 is 0. The number of aryl methyl sites for hydroxylation is 2. The fourth-order valence-corrected chi connectivity index (χ4v) is 3.90. The van der Waals surface area contributed by atoms with Gasteiger partial charge >= 0.3 is 0 Å². The van der Waals surface area contributed by atoms with Crippen molar-refractivity contribution in [1.29, 1.82) is 0 Å². The van der Waals surface area contributed by atoms with Crippen molar-refractivity contribution < 1.29 is 0 Å². The van der Waals surface area contributed by atoms with Gasteiger partial charge in [0.1, 0.15) is 11.6 Å². The maximum Gasteiger partial charge on any atom is 0.191 e. The third-order valence-electron chi connectivity index (χ3n) is 5.56. The highest BCUT2D eigenvalue weighted by Gasteiger charge is 2.22. The van der Waals surface area contributed by atoms with Gasteiger partial charge in [-0.25, -0.2) is 19.6 Å². The first kappa shape index (κ1) is 21.1. The molecule has 0 fully saturated rings. The van der Waals surface area contributed by atoms with Crippen molar-refractivity contribution in [1.82, 2.24) is 30.4 Å². The molecule has 1 unspecified atom stereocenters. The van der Waals surface area contributed by atoms with Crippen LogP contribution in [-0.4, -0.2) is 52.4 Å². The lowest BCUT2D eigenvalue weighted by Crippen LogP contribution is -2.47. The molecule has 4 rings (SSSR count). The number of nitrogens with one attached hydrogen (secondary N) is 2. The zero-order valence-corrected chi connectivity index (χ0v) is 18.9. The molecule has 3 aromatic rings. The Bertz CT molecular complexity index is 1070. The molecular weight excluding hydrogens is 388 g/mol. The molecule has 31 heavy (non-hydrogen) atoms. The third kappa shape index (κ3) is 4.78. The van der Waals surface area contributed by atoms with E-state index in [1.165, 1.54) is 5.56 Å². The van der Waals surface area contributed by atoms with Crippen LogP contribution < -0.4 is 15.5 Å². The van der Waals surface area contributed by atoms with Crippen LogP contribution in [0.5, 0.6) is 0 Å². The number of anilines is 1. The summed E-state index contributed by atoms with van der Waals surface area (Å²) in [6.45, 7) is 6.40. The second kappa shape index (κ2) is 9.32. The van der Waals surface area contributed by atoms with Crippen LogP contribution in [0.25, 0.3) is 10.9 Å². The number of guanidine groups is 1. The van der Waals surface area contributed by atoms with Crippen molar-refractivity contribution in [2.45, 2.75) is 52.2 Å². The quantitative estimate of drug-likeness (QED) is 0.471. The third-order valence-corrected chi connectivity index (χ3v) is 5.56. The molecule has 8 nitrogen and oxygen atoms in total. The van der Waals surface area contributed by atoms with Gasteiger partial charge in [-0.3, -0.25) is 0 Å². The molecule has 3 heterocycles. The van der Waals surface area contributed by atoms with Crippen molar-refractivity contribution in [2.75, 3.05) is 25.5 Å². The number of pyridine rings is 1. The van der Waals surface area contributed by atoms with Crippen LogP contribution in [0.1, 0.15) is 37.5 Å². The highest BCUT2D eigenvalue weighted by molar-refractivity contribution is 5.85. The van der Waals surface area contributed by atoms with Crippen LogP contribution in [0.2, 0.25) is 0 Å². The normalized spacial score (nSPS) is 16.3. The average Bonchev–Trinajstić information content (AvgIpc) is 3.19. The highest BCUT2D eigenvalue weighted by Crippen LogP contribution is 2.23. The second-order valence-electron chi connectivity index (χ2n) is 8.11. The fourth-order valence-electron chi connectivity index (χ4n) is 3.90. The van der Waals surface area contributed by atoms with E-state index in [0.717, 1.165) is 66.7 Å². The number of aromatic nitrogens is 4. The minimum absolute atomic E-state index is 0.281. The molecule has 0 spiro atoms. The first-order valence-electron chi connectivity index (χ1n) is 11.1. The predicted octanol–water partition coefficient (Wildman–Crippen LogP) is 2.52. The maximum atomic E-state index is 4.91. The Morgan fingerprint density at radius 3 is 2.84 bits per heavy atom. The van der Waals surface area contributed by atoms with Crippen LogP contribution in [0.3, 0.4) is 0 Å². The molecule has 2 N–H and O–H groups in total. The van der Waals surface area contributed by atoms with Gasteiger partial charge in [-0.05, 0) is 31.0 Å². The Balaban J connectivity index is 1.53. The molecular formula is C23H32N8. The summed E-state index contributed by atoms with van der Waals surface area (Å²) < 4.78 is 2.04. The molecule has 1 aliphatic heterocycles. The number of hydrogen-bond donors (Lipinski definition) is 2. The van der Waals surface area contributed by atoms with Crippen molar-refractivity contribution in [2.24, 2.45) is 4.99 Å². The number of hydrogen-bond acceptors (Lipinski definition) is 5. The summed E-state index contributed by atoms with van der Waals surface area (Å²) in [7, 11) is 4.03. The van der Waals surface area contributed by atoms with Crippen LogP contribution in [-0.2, 0) is 25.9 Å². The molecule has 1 aromatic carbocycles. The van der Waals surface area contributed by atoms with Crippen molar-refractivity contribution >= 4 is 22.7 Å². The Labute approximate surface area is 183 Å². The van der Waals surface area contributed by atoms with E-state index in [1.54, 1.807) is 0 Å². The molecule has 0 saturated heterocycles. The van der Waals surface area contributed by atoms with Crippen molar-refractivity contribution in [3.05, 3.63) is 47.5 Å². The second-order valence-corrected chi connectivity index (χ2v) is 8.11. The molecule has 1 atom stereocenters. The van der Waals surface area contributed by atoms with E-state index >= 15 is 0 Å². The van der Waals surface area contributed by atoms with Crippen LogP contribution in [0.4, 0.5) is 5.82 Å². The van der Waals surface area contributed by atoms with E-state index in [2.05, 4.69) is 58.8 Å². The van der Waals surface area contributed by atoms with E-state index < -0.39 is 0 Å². The standard InChI is InChI=1S/C23H32N8/c1-5-20-28-21-12-11-17(15-31(21)29-20)26-23(24-6-2)25-14-16-13-22(30(3)4)27-19-10-8-7-9-18(16)19/h7-10,13,17H,5-6,11-12,14-15H2,1-4H3,(H2,24,25,26). The summed E-state index contributed by atoms with van der Waals surface area (Å²) in [5.74, 6) is 3.80. The monoisotopic (exact) mass is 420 g/mol. The topological polar surface area (TPSA) is 83.3 Å². The van der Waals surface area contributed by atoms with Gasteiger partial charge in [0.15, 0.2) is 11.8 Å². The van der Waals surface area contributed by atoms with Crippen LogP contribution in [0.15, 0.2) is 35.3 Å². The SMILES string of the molecule is CCNC(=NCc1cc(N(C)C)nc2ccccc12)NC1CCc2nc(CC)nn2C1. The number of para-hydroxylation sites is 1. The summed E-state index contributed by atoms with van der Waals surface area (Å²) in [4.78, 5) is 16.3. The molecule has 0 radical (unpaired) electrons. The summed E-state index contributed by atoms with van der Waals surface area (Å²) in [5.41, 5.74) is 2.16. The van der Waals surface area contributed by atoms with E-state index in [-0.39, 0.29) is 6.04 Å². The van der Waals surface area contributed by atoms with E-state index in [4.69, 9.17) is 9.98 Å². The van der Waals surface area contributed by atoms with Gasteiger partial charge in [0.2, 0.25) is 0 Å². The number of benzene rings is 1. The molecule has 1 aliphatic rings. The summed E-state index contributed by atoms with van der Waals surface area (Å²) in [5, 5.41) is 12.8. The van der Waals surface area contributed by atoms with Gasteiger partial charge in [-0.15, -0.1) is 0 Å². The lowest BCUT2D eigenvalue weighted by atomic mass is 10.1. The maximum absolute atomic E-state index is 4.91. The van der Waals surface area contributed by atoms with Crippen molar-refractivity contribution in [3.8, 4) is 0 Å². The molecule has 164 valence electrons. The van der Waals surface area contributed by atoms with Crippen LogP contribution in [0, 0.1) is 0 Å². The van der Waals surface area contributed by atoms with E-state index in [1.807, 2.05) is 29.7 Å². The van der Waals surface area contributed by atoms with Gasteiger partial charge in [0, 0.05) is 44.9 Å². The Morgan fingerprint density at radius 2 is 2.06 bits per heavy atom. The predicted molar refractivity (Wildman–Crippen MR) is 126 cm³/mol. The van der Waals surface area contributed by atoms with Gasteiger partial charge in [0.25, 0.3) is 0 Å². The molecule has 0 amide bonds. The highest BCUT2D eigenvalue weighted by atomic mass is 15.4. The first-order valence-corrected chi connectivity index (χ1v) is 11.1. The molecule has 0 aliphatic carbocycles. The lowest BCUT2D eigenvalue weighted by Gasteiger charge is -2.25. The molecule has 0 saturated carbocycles.